The number of anilines is 1. The molecule has 0 aliphatic carbocycles. The van der Waals surface area contributed by atoms with Gasteiger partial charge in [-0.15, -0.1) is 0 Å². The summed E-state index contributed by atoms with van der Waals surface area (Å²) in [4.78, 5) is 11.8. The van der Waals surface area contributed by atoms with Crippen LogP contribution in [0.4, 0.5) is 5.69 Å². The van der Waals surface area contributed by atoms with Crippen molar-refractivity contribution in [1.29, 1.82) is 0 Å². The summed E-state index contributed by atoms with van der Waals surface area (Å²) in [7, 11) is 0. The maximum absolute atomic E-state index is 11.8. The molecule has 0 heterocycles. The van der Waals surface area contributed by atoms with E-state index in [0.29, 0.717) is 21.5 Å². The van der Waals surface area contributed by atoms with Gasteiger partial charge in [0.05, 0.1) is 15.2 Å². The number of hydrogen-bond acceptors (Lipinski definition) is 2. The minimum absolute atomic E-state index is 0.126. The molecule has 1 amide bonds. The molecule has 0 radical (unpaired) electrons. The Morgan fingerprint density at radius 2 is 1.90 bits per heavy atom. The molecule has 0 saturated heterocycles. The number of carbonyl (C=O) groups excluding carboxylic acids is 1. The Morgan fingerprint density at radius 3 is 2.57 bits per heavy atom. The average molecular weight is 454 g/mol. The van der Waals surface area contributed by atoms with Gasteiger partial charge >= 0.3 is 0 Å². The minimum atomic E-state index is -0.311. The van der Waals surface area contributed by atoms with Crippen molar-refractivity contribution in [1.82, 2.24) is 0 Å². The Morgan fingerprint density at radius 1 is 1.14 bits per heavy atom. The number of carbonyl (C=O) groups is 1. The van der Waals surface area contributed by atoms with Crippen LogP contribution < -0.4 is 10.1 Å². The van der Waals surface area contributed by atoms with Gasteiger partial charge in [0, 0.05) is 9.50 Å². The van der Waals surface area contributed by atoms with Crippen LogP contribution in [0.5, 0.6) is 5.75 Å². The van der Waals surface area contributed by atoms with Crippen LogP contribution in [0.25, 0.3) is 0 Å². The van der Waals surface area contributed by atoms with Crippen LogP contribution in [-0.2, 0) is 4.79 Å². The first-order valence-electron chi connectivity index (χ1n) is 5.78. The zero-order chi connectivity index (χ0) is 15.4. The van der Waals surface area contributed by atoms with E-state index in [1.165, 1.54) is 0 Å². The van der Waals surface area contributed by atoms with Crippen LogP contribution in [0.3, 0.4) is 0 Å². The van der Waals surface area contributed by atoms with E-state index in [2.05, 4.69) is 37.2 Å². The lowest BCUT2D eigenvalue weighted by atomic mass is 10.3. The van der Waals surface area contributed by atoms with Gasteiger partial charge in [0.25, 0.3) is 5.91 Å². The van der Waals surface area contributed by atoms with Crippen LogP contribution >= 0.6 is 55.1 Å². The van der Waals surface area contributed by atoms with Gasteiger partial charge in [-0.1, -0.05) is 39.1 Å². The highest BCUT2D eigenvalue weighted by molar-refractivity contribution is 9.11. The summed E-state index contributed by atoms with van der Waals surface area (Å²) in [6.07, 6.45) is 0. The third-order valence-electron chi connectivity index (χ3n) is 2.46. The molecule has 2 aromatic rings. The van der Waals surface area contributed by atoms with Gasteiger partial charge in [0.15, 0.2) is 6.61 Å². The molecule has 7 heteroatoms. The van der Waals surface area contributed by atoms with Crippen molar-refractivity contribution < 1.29 is 9.53 Å². The van der Waals surface area contributed by atoms with Crippen molar-refractivity contribution >= 4 is 66.7 Å². The number of amides is 1. The fourth-order valence-corrected chi connectivity index (χ4v) is 3.13. The van der Waals surface area contributed by atoms with Crippen molar-refractivity contribution in [2.75, 3.05) is 11.9 Å². The van der Waals surface area contributed by atoms with E-state index < -0.39 is 0 Å². The lowest BCUT2D eigenvalue weighted by molar-refractivity contribution is -0.118. The van der Waals surface area contributed by atoms with Gasteiger partial charge in [0.2, 0.25) is 0 Å². The SMILES string of the molecule is O=C(COc1ccc(Br)cc1Br)Nc1ccc(Cl)cc1Cl. The van der Waals surface area contributed by atoms with E-state index in [-0.39, 0.29) is 12.5 Å². The highest BCUT2D eigenvalue weighted by atomic mass is 79.9. The number of nitrogens with one attached hydrogen (secondary N) is 1. The van der Waals surface area contributed by atoms with Gasteiger partial charge in [0.1, 0.15) is 5.75 Å². The summed E-state index contributed by atoms with van der Waals surface area (Å²) >= 11 is 18.5. The summed E-state index contributed by atoms with van der Waals surface area (Å²) in [6.45, 7) is -0.126. The minimum Gasteiger partial charge on any atom is -0.483 e. The molecule has 0 aliphatic heterocycles. The van der Waals surface area contributed by atoms with Crippen molar-refractivity contribution in [3.8, 4) is 5.75 Å². The maximum Gasteiger partial charge on any atom is 0.262 e. The molecule has 0 spiro atoms. The average Bonchev–Trinajstić information content (AvgIpc) is 2.41. The Hall–Kier alpha value is -0.750. The van der Waals surface area contributed by atoms with Crippen LogP contribution in [-0.4, -0.2) is 12.5 Å². The van der Waals surface area contributed by atoms with Gasteiger partial charge in [-0.2, -0.15) is 0 Å². The molecule has 0 aliphatic rings. The van der Waals surface area contributed by atoms with E-state index >= 15 is 0 Å². The second-order valence-electron chi connectivity index (χ2n) is 4.04. The van der Waals surface area contributed by atoms with Crippen molar-refractivity contribution in [3.63, 3.8) is 0 Å². The molecular weight excluding hydrogens is 445 g/mol. The fourth-order valence-electron chi connectivity index (χ4n) is 1.51. The predicted molar refractivity (Wildman–Crippen MR) is 92.4 cm³/mol. The highest BCUT2D eigenvalue weighted by Crippen LogP contribution is 2.28. The van der Waals surface area contributed by atoms with E-state index in [0.717, 1.165) is 8.95 Å². The standard InChI is InChI=1S/C14H9Br2Cl2NO2/c15-8-1-4-13(10(16)5-8)21-7-14(20)19-12-3-2-9(17)6-11(12)18/h1-6H,7H2,(H,19,20). The maximum atomic E-state index is 11.8. The molecule has 0 aromatic heterocycles. The Kier molecular flexibility index (Phi) is 5.93. The molecule has 1 N–H and O–H groups in total. The fraction of sp³-hybridized carbons (Fsp3) is 0.0714. The number of ether oxygens (including phenoxy) is 1. The summed E-state index contributed by atoms with van der Waals surface area (Å²) in [5.41, 5.74) is 0.490. The summed E-state index contributed by atoms with van der Waals surface area (Å²) < 4.78 is 7.11. The smallest absolute Gasteiger partial charge is 0.262 e. The summed E-state index contributed by atoms with van der Waals surface area (Å²) in [5.74, 6) is 0.268. The van der Waals surface area contributed by atoms with Crippen LogP contribution in [0.1, 0.15) is 0 Å². The van der Waals surface area contributed by atoms with Crippen molar-refractivity contribution in [2.45, 2.75) is 0 Å². The molecule has 2 aromatic carbocycles. The van der Waals surface area contributed by atoms with E-state index in [1.54, 1.807) is 24.3 Å². The molecule has 3 nitrogen and oxygen atoms in total. The van der Waals surface area contributed by atoms with Crippen molar-refractivity contribution in [3.05, 3.63) is 55.4 Å². The van der Waals surface area contributed by atoms with Gasteiger partial charge in [-0.05, 0) is 52.3 Å². The number of halogens is 4. The second-order valence-corrected chi connectivity index (χ2v) is 6.65. The molecule has 0 atom stereocenters. The lowest BCUT2D eigenvalue weighted by Crippen LogP contribution is -2.20. The van der Waals surface area contributed by atoms with E-state index in [1.807, 2.05) is 12.1 Å². The van der Waals surface area contributed by atoms with Crippen LogP contribution in [0, 0.1) is 0 Å². The number of rotatable bonds is 4. The zero-order valence-corrected chi connectivity index (χ0v) is 15.2. The van der Waals surface area contributed by atoms with E-state index in [9.17, 15) is 4.79 Å². The molecule has 0 fully saturated rings. The summed E-state index contributed by atoms with van der Waals surface area (Å²) in [6, 6.07) is 10.3. The summed E-state index contributed by atoms with van der Waals surface area (Å²) in [5, 5.41) is 3.54. The number of hydrogen-bond donors (Lipinski definition) is 1. The zero-order valence-electron chi connectivity index (χ0n) is 10.5. The third-order valence-corrected chi connectivity index (χ3v) is 4.12. The first kappa shape index (κ1) is 16.6. The van der Waals surface area contributed by atoms with Crippen molar-refractivity contribution in [2.24, 2.45) is 0 Å². The largest absolute Gasteiger partial charge is 0.483 e. The Labute approximate surface area is 148 Å². The predicted octanol–water partition coefficient (Wildman–Crippen LogP) is 5.54. The molecule has 21 heavy (non-hydrogen) atoms. The molecule has 0 bridgehead atoms. The quantitative estimate of drug-likeness (QED) is 0.660. The monoisotopic (exact) mass is 451 g/mol. The Balaban J connectivity index is 1.96. The normalized spacial score (nSPS) is 10.3. The van der Waals surface area contributed by atoms with Crippen LogP contribution in [0.15, 0.2) is 45.3 Å². The van der Waals surface area contributed by atoms with E-state index in [4.69, 9.17) is 27.9 Å². The van der Waals surface area contributed by atoms with Gasteiger partial charge < -0.3 is 10.1 Å². The van der Waals surface area contributed by atoms with Gasteiger partial charge in [-0.3, -0.25) is 4.79 Å². The Bertz CT molecular complexity index is 680. The lowest BCUT2D eigenvalue weighted by Gasteiger charge is -2.10. The first-order chi connectivity index (χ1) is 9.95. The molecular formula is C14H9Br2Cl2NO2. The second kappa shape index (κ2) is 7.49. The molecule has 0 unspecified atom stereocenters. The third kappa shape index (κ3) is 4.88. The highest BCUT2D eigenvalue weighted by Gasteiger charge is 2.09. The topological polar surface area (TPSA) is 38.3 Å². The van der Waals surface area contributed by atoms with Crippen LogP contribution in [0.2, 0.25) is 10.0 Å². The number of benzene rings is 2. The molecule has 0 saturated carbocycles. The first-order valence-corrected chi connectivity index (χ1v) is 8.12. The molecule has 110 valence electrons. The molecule has 2 rings (SSSR count). The van der Waals surface area contributed by atoms with Gasteiger partial charge in [-0.25, -0.2) is 0 Å².